The van der Waals surface area contributed by atoms with Crippen LogP contribution in [0.1, 0.15) is 29.3 Å². The third kappa shape index (κ3) is 3.54. The first kappa shape index (κ1) is 14.8. The molecule has 0 radical (unpaired) electrons. The van der Waals surface area contributed by atoms with Gasteiger partial charge in [0.1, 0.15) is 0 Å². The van der Waals surface area contributed by atoms with Crippen LogP contribution in [0.25, 0.3) is 0 Å². The van der Waals surface area contributed by atoms with E-state index in [0.717, 1.165) is 19.5 Å². The van der Waals surface area contributed by atoms with E-state index < -0.39 is 0 Å². The molecule has 5 nitrogen and oxygen atoms in total. The summed E-state index contributed by atoms with van der Waals surface area (Å²) in [5.74, 6) is 0.426. The van der Waals surface area contributed by atoms with Crippen LogP contribution >= 0.6 is 0 Å². The number of rotatable bonds is 4. The number of aromatic nitrogens is 2. The van der Waals surface area contributed by atoms with Gasteiger partial charge in [-0.25, -0.2) is 0 Å². The molecular formula is C17H22N4O. The topological polar surface area (TPSA) is 58.9 Å². The molecular weight excluding hydrogens is 276 g/mol. The second-order valence-electron chi connectivity index (χ2n) is 5.96. The molecule has 1 fully saturated rings. The van der Waals surface area contributed by atoms with Crippen LogP contribution < -0.4 is 10.6 Å². The van der Waals surface area contributed by atoms with Gasteiger partial charge < -0.3 is 10.6 Å². The number of hydrogen-bond donors (Lipinski definition) is 2. The molecule has 3 rings (SSSR count). The van der Waals surface area contributed by atoms with Crippen molar-refractivity contribution in [3.63, 3.8) is 0 Å². The fraction of sp³-hybridized carbons (Fsp3) is 0.412. The van der Waals surface area contributed by atoms with Gasteiger partial charge in [-0.2, -0.15) is 5.10 Å². The zero-order chi connectivity index (χ0) is 15.4. The minimum absolute atomic E-state index is 0.0296. The van der Waals surface area contributed by atoms with Crippen LogP contribution in [0.2, 0.25) is 0 Å². The highest BCUT2D eigenvalue weighted by Gasteiger charge is 2.23. The second kappa shape index (κ2) is 6.75. The molecule has 1 saturated heterocycles. The van der Waals surface area contributed by atoms with E-state index in [0.29, 0.717) is 18.0 Å². The van der Waals surface area contributed by atoms with E-state index in [1.54, 1.807) is 10.9 Å². The number of carbonyl (C=O) groups is 1. The van der Waals surface area contributed by atoms with Crippen molar-refractivity contribution in [2.45, 2.75) is 25.9 Å². The van der Waals surface area contributed by atoms with Gasteiger partial charge in [-0.1, -0.05) is 37.3 Å². The summed E-state index contributed by atoms with van der Waals surface area (Å²) in [6.07, 6.45) is 4.43. The smallest absolute Gasteiger partial charge is 0.254 e. The number of nitrogens with zero attached hydrogens (tertiary/aromatic N) is 2. The van der Waals surface area contributed by atoms with Crippen molar-refractivity contribution in [2.75, 3.05) is 13.1 Å². The van der Waals surface area contributed by atoms with Crippen molar-refractivity contribution in [3.8, 4) is 0 Å². The van der Waals surface area contributed by atoms with Gasteiger partial charge in [0.05, 0.1) is 18.3 Å². The Bertz CT molecular complexity index is 623. The molecule has 0 aliphatic carbocycles. The summed E-state index contributed by atoms with van der Waals surface area (Å²) >= 11 is 0. The molecule has 1 aromatic heterocycles. The van der Waals surface area contributed by atoms with Gasteiger partial charge >= 0.3 is 0 Å². The summed E-state index contributed by atoms with van der Waals surface area (Å²) in [6.45, 7) is 4.76. The van der Waals surface area contributed by atoms with E-state index in [1.807, 2.05) is 24.4 Å². The van der Waals surface area contributed by atoms with Crippen molar-refractivity contribution in [1.29, 1.82) is 0 Å². The highest BCUT2D eigenvalue weighted by molar-refractivity contribution is 5.93. The van der Waals surface area contributed by atoms with Gasteiger partial charge in [0.2, 0.25) is 0 Å². The van der Waals surface area contributed by atoms with Crippen molar-refractivity contribution in [1.82, 2.24) is 20.4 Å². The van der Waals surface area contributed by atoms with Gasteiger partial charge in [-0.3, -0.25) is 9.48 Å². The van der Waals surface area contributed by atoms with Crippen molar-refractivity contribution in [3.05, 3.63) is 53.9 Å². The summed E-state index contributed by atoms with van der Waals surface area (Å²) in [5, 5.41) is 10.8. The summed E-state index contributed by atoms with van der Waals surface area (Å²) in [4.78, 5) is 12.3. The fourth-order valence-electron chi connectivity index (χ4n) is 2.82. The first-order valence-corrected chi connectivity index (χ1v) is 7.80. The van der Waals surface area contributed by atoms with Crippen LogP contribution in [-0.2, 0) is 6.54 Å². The molecule has 1 aliphatic rings. The van der Waals surface area contributed by atoms with Crippen LogP contribution in [0.5, 0.6) is 0 Å². The lowest BCUT2D eigenvalue weighted by Gasteiger charge is -2.30. The number of benzene rings is 1. The Morgan fingerprint density at radius 3 is 3.00 bits per heavy atom. The molecule has 0 bridgehead atoms. The molecule has 2 N–H and O–H groups in total. The van der Waals surface area contributed by atoms with Crippen LogP contribution in [0, 0.1) is 5.92 Å². The average Bonchev–Trinajstić information content (AvgIpc) is 2.99. The standard InChI is InChI=1S/C17H22N4O/c1-13-9-18-8-7-16(13)20-17(22)15-10-19-21(12-15)11-14-5-3-2-4-6-14/h2-6,10,12-13,16,18H,7-9,11H2,1H3,(H,20,22). The summed E-state index contributed by atoms with van der Waals surface area (Å²) < 4.78 is 1.80. The Labute approximate surface area is 130 Å². The van der Waals surface area contributed by atoms with Gasteiger partial charge in [-0.15, -0.1) is 0 Å². The predicted molar refractivity (Wildman–Crippen MR) is 85.7 cm³/mol. The van der Waals surface area contributed by atoms with Crippen molar-refractivity contribution < 1.29 is 4.79 Å². The average molecular weight is 298 g/mol. The number of carbonyl (C=O) groups excluding carboxylic acids is 1. The van der Waals surface area contributed by atoms with Gasteiger partial charge in [0.25, 0.3) is 5.91 Å². The van der Waals surface area contributed by atoms with Crippen LogP contribution in [0.4, 0.5) is 0 Å². The largest absolute Gasteiger partial charge is 0.349 e. The summed E-state index contributed by atoms with van der Waals surface area (Å²) in [7, 11) is 0. The Kier molecular flexibility index (Phi) is 4.53. The molecule has 2 heterocycles. The Balaban J connectivity index is 1.61. The number of piperidine rings is 1. The predicted octanol–water partition coefficient (Wildman–Crippen LogP) is 1.66. The lowest BCUT2D eigenvalue weighted by atomic mass is 9.95. The highest BCUT2D eigenvalue weighted by atomic mass is 16.1. The molecule has 116 valence electrons. The molecule has 2 aromatic rings. The molecule has 1 amide bonds. The quantitative estimate of drug-likeness (QED) is 0.902. The zero-order valence-corrected chi connectivity index (χ0v) is 12.8. The molecule has 0 spiro atoms. The fourth-order valence-corrected chi connectivity index (χ4v) is 2.82. The second-order valence-corrected chi connectivity index (χ2v) is 5.96. The molecule has 2 atom stereocenters. The first-order valence-electron chi connectivity index (χ1n) is 7.80. The number of nitrogens with one attached hydrogen (secondary N) is 2. The lowest BCUT2D eigenvalue weighted by molar-refractivity contribution is 0.0914. The maximum Gasteiger partial charge on any atom is 0.254 e. The molecule has 2 unspecified atom stereocenters. The van der Waals surface area contributed by atoms with E-state index in [9.17, 15) is 4.79 Å². The highest BCUT2D eigenvalue weighted by Crippen LogP contribution is 2.11. The normalized spacial score (nSPS) is 21.5. The molecule has 1 aliphatic heterocycles. The van der Waals surface area contributed by atoms with E-state index in [1.165, 1.54) is 5.56 Å². The summed E-state index contributed by atoms with van der Waals surface area (Å²) in [5.41, 5.74) is 1.80. The minimum Gasteiger partial charge on any atom is -0.349 e. The summed E-state index contributed by atoms with van der Waals surface area (Å²) in [6, 6.07) is 10.4. The molecule has 1 aromatic carbocycles. The Morgan fingerprint density at radius 1 is 1.41 bits per heavy atom. The lowest BCUT2D eigenvalue weighted by Crippen LogP contribution is -2.48. The van der Waals surface area contributed by atoms with Gasteiger partial charge in [0.15, 0.2) is 0 Å². The van der Waals surface area contributed by atoms with Gasteiger partial charge in [-0.05, 0) is 31.0 Å². The van der Waals surface area contributed by atoms with E-state index in [-0.39, 0.29) is 11.9 Å². The number of hydrogen-bond acceptors (Lipinski definition) is 3. The third-order valence-corrected chi connectivity index (χ3v) is 4.18. The number of amides is 1. The van der Waals surface area contributed by atoms with Crippen molar-refractivity contribution in [2.24, 2.45) is 5.92 Å². The third-order valence-electron chi connectivity index (χ3n) is 4.18. The van der Waals surface area contributed by atoms with E-state index in [2.05, 4.69) is 34.8 Å². The first-order chi connectivity index (χ1) is 10.7. The van der Waals surface area contributed by atoms with Crippen LogP contribution in [-0.4, -0.2) is 34.8 Å². The SMILES string of the molecule is CC1CNCCC1NC(=O)c1cnn(Cc2ccccc2)c1. The maximum absolute atomic E-state index is 12.3. The molecule has 0 saturated carbocycles. The maximum atomic E-state index is 12.3. The Morgan fingerprint density at radius 2 is 2.23 bits per heavy atom. The molecule has 22 heavy (non-hydrogen) atoms. The van der Waals surface area contributed by atoms with Crippen LogP contribution in [0.3, 0.4) is 0 Å². The Hall–Kier alpha value is -2.14. The van der Waals surface area contributed by atoms with E-state index in [4.69, 9.17) is 0 Å². The minimum atomic E-state index is -0.0296. The van der Waals surface area contributed by atoms with Crippen molar-refractivity contribution >= 4 is 5.91 Å². The molecule has 5 heteroatoms. The van der Waals surface area contributed by atoms with E-state index >= 15 is 0 Å². The zero-order valence-electron chi connectivity index (χ0n) is 12.8. The van der Waals surface area contributed by atoms with Crippen LogP contribution in [0.15, 0.2) is 42.7 Å². The monoisotopic (exact) mass is 298 g/mol. The van der Waals surface area contributed by atoms with Gasteiger partial charge in [0, 0.05) is 12.2 Å².